The van der Waals surface area contributed by atoms with Gasteiger partial charge < -0.3 is 21.0 Å². The van der Waals surface area contributed by atoms with E-state index in [1.54, 1.807) is 5.38 Å². The molecule has 1 aromatic heterocycles. The monoisotopic (exact) mass is 409 g/mol. The standard InChI is InChI=1S/C15H15N5O5S2/c1-3-6-4-26-13-9(12(22)20(13)10(6)14(23)24)18-11(21)8(19-25-2)7-5-27-15(16)17-7/h3,5,9,13H,1,4H2,2H3,(H2,16,17)(H,18,21)(H,23,24)/t9?,13-/m1/s1. The number of aromatic nitrogens is 1. The van der Waals surface area contributed by atoms with Crippen LogP contribution >= 0.6 is 23.1 Å². The zero-order chi connectivity index (χ0) is 19.7. The van der Waals surface area contributed by atoms with Gasteiger partial charge in [-0.05, 0) is 5.57 Å². The number of carbonyl (C=O) groups is 3. The zero-order valence-electron chi connectivity index (χ0n) is 14.0. The Hall–Kier alpha value is -2.86. The van der Waals surface area contributed by atoms with Gasteiger partial charge in [0.05, 0.1) is 0 Å². The first-order valence-electron chi connectivity index (χ1n) is 7.56. The Morgan fingerprint density at radius 2 is 2.33 bits per heavy atom. The predicted molar refractivity (Wildman–Crippen MR) is 100.0 cm³/mol. The average molecular weight is 409 g/mol. The van der Waals surface area contributed by atoms with E-state index in [0.29, 0.717) is 11.3 Å². The number of amides is 2. The number of allylic oxidation sites excluding steroid dienone is 1. The average Bonchev–Trinajstić information content (AvgIpc) is 3.08. The first-order chi connectivity index (χ1) is 12.9. The van der Waals surface area contributed by atoms with Crippen molar-refractivity contribution in [3.8, 4) is 0 Å². The van der Waals surface area contributed by atoms with Crippen molar-refractivity contribution in [1.82, 2.24) is 15.2 Å². The maximum absolute atomic E-state index is 12.6. The van der Waals surface area contributed by atoms with Crippen molar-refractivity contribution >= 4 is 51.7 Å². The number of nitrogens with one attached hydrogen (secondary N) is 1. The van der Waals surface area contributed by atoms with Crippen LogP contribution in [0, 0.1) is 0 Å². The molecule has 0 spiro atoms. The van der Waals surface area contributed by atoms with E-state index in [1.807, 2.05) is 0 Å². The van der Waals surface area contributed by atoms with E-state index in [4.69, 9.17) is 5.73 Å². The van der Waals surface area contributed by atoms with Crippen LogP contribution in [-0.2, 0) is 19.2 Å². The molecule has 3 heterocycles. The van der Waals surface area contributed by atoms with Gasteiger partial charge in [-0.2, -0.15) is 0 Å². The first kappa shape index (κ1) is 18.9. The Morgan fingerprint density at radius 3 is 2.89 bits per heavy atom. The Labute approximate surface area is 161 Å². The molecule has 0 radical (unpaired) electrons. The summed E-state index contributed by atoms with van der Waals surface area (Å²) in [5, 5.41) is 16.9. The summed E-state index contributed by atoms with van der Waals surface area (Å²) in [6.07, 6.45) is 1.42. The lowest BCUT2D eigenvalue weighted by atomic mass is 10.0. The van der Waals surface area contributed by atoms with E-state index in [0.717, 1.165) is 16.2 Å². The molecule has 1 saturated heterocycles. The number of hydrogen-bond donors (Lipinski definition) is 3. The van der Waals surface area contributed by atoms with Crippen LogP contribution < -0.4 is 11.1 Å². The summed E-state index contributed by atoms with van der Waals surface area (Å²) in [7, 11) is 1.27. The molecule has 4 N–H and O–H groups in total. The van der Waals surface area contributed by atoms with Crippen molar-refractivity contribution in [3.63, 3.8) is 0 Å². The highest BCUT2D eigenvalue weighted by atomic mass is 32.2. The van der Waals surface area contributed by atoms with Gasteiger partial charge in [0.2, 0.25) is 0 Å². The van der Waals surface area contributed by atoms with Crippen molar-refractivity contribution in [2.24, 2.45) is 5.16 Å². The molecular formula is C15H15N5O5S2. The highest BCUT2D eigenvalue weighted by Crippen LogP contribution is 2.40. The summed E-state index contributed by atoms with van der Waals surface area (Å²) in [6.45, 7) is 3.58. The number of nitrogen functional groups attached to an aromatic ring is 1. The second-order valence-corrected chi connectivity index (χ2v) is 7.43. The summed E-state index contributed by atoms with van der Waals surface area (Å²) in [5.41, 5.74) is 6.02. The second-order valence-electron chi connectivity index (χ2n) is 5.44. The van der Waals surface area contributed by atoms with Gasteiger partial charge in [0.1, 0.15) is 29.9 Å². The van der Waals surface area contributed by atoms with Gasteiger partial charge >= 0.3 is 5.97 Å². The first-order valence-corrected chi connectivity index (χ1v) is 9.48. The third-order valence-corrected chi connectivity index (χ3v) is 5.87. The molecule has 2 aliphatic rings. The van der Waals surface area contributed by atoms with Gasteiger partial charge in [0.25, 0.3) is 11.8 Å². The van der Waals surface area contributed by atoms with Gasteiger partial charge in [0.15, 0.2) is 10.8 Å². The highest BCUT2D eigenvalue weighted by molar-refractivity contribution is 8.00. The minimum Gasteiger partial charge on any atom is -0.477 e. The van der Waals surface area contributed by atoms with Crippen molar-refractivity contribution in [1.29, 1.82) is 0 Å². The summed E-state index contributed by atoms with van der Waals surface area (Å²) < 4.78 is 0. The van der Waals surface area contributed by atoms with E-state index >= 15 is 0 Å². The molecule has 0 saturated carbocycles. The minimum atomic E-state index is -1.21. The number of oxime groups is 1. The Bertz CT molecular complexity index is 893. The second kappa shape index (κ2) is 7.40. The maximum Gasteiger partial charge on any atom is 0.352 e. The number of anilines is 1. The molecule has 2 atom stereocenters. The number of hydrogen-bond acceptors (Lipinski definition) is 9. The summed E-state index contributed by atoms with van der Waals surface area (Å²) in [6, 6.07) is -0.888. The van der Waals surface area contributed by atoms with Crippen molar-refractivity contribution in [3.05, 3.63) is 35.0 Å². The number of nitrogens with zero attached hydrogens (tertiary/aromatic N) is 3. The molecule has 1 unspecified atom stereocenters. The maximum atomic E-state index is 12.6. The van der Waals surface area contributed by atoms with Gasteiger partial charge in [0, 0.05) is 11.1 Å². The van der Waals surface area contributed by atoms with Crippen LogP contribution in [0.15, 0.2) is 34.5 Å². The van der Waals surface area contributed by atoms with E-state index < -0.39 is 29.2 Å². The molecule has 0 aromatic carbocycles. The fourth-order valence-electron chi connectivity index (χ4n) is 2.70. The number of β-lactam (4-membered cyclic amide) rings is 1. The smallest absolute Gasteiger partial charge is 0.352 e. The van der Waals surface area contributed by atoms with Gasteiger partial charge in [-0.1, -0.05) is 17.8 Å². The molecule has 2 aliphatic heterocycles. The number of fused-ring (bicyclic) bond motifs is 1. The van der Waals surface area contributed by atoms with Crippen molar-refractivity contribution < 1.29 is 24.3 Å². The molecule has 0 bridgehead atoms. The summed E-state index contributed by atoms with van der Waals surface area (Å²) in [5.74, 6) is -2.04. The molecule has 0 aliphatic carbocycles. The number of thioether (sulfide) groups is 1. The topological polar surface area (TPSA) is 147 Å². The van der Waals surface area contributed by atoms with Crippen molar-refractivity contribution in [2.45, 2.75) is 11.4 Å². The normalized spacial score (nSPS) is 22.0. The molecule has 12 heteroatoms. The molecule has 2 amide bonds. The molecule has 10 nitrogen and oxygen atoms in total. The molecule has 1 fully saturated rings. The summed E-state index contributed by atoms with van der Waals surface area (Å²) >= 11 is 2.47. The molecule has 3 rings (SSSR count). The fraction of sp³-hybridized carbons (Fsp3) is 0.267. The van der Waals surface area contributed by atoms with Gasteiger partial charge in [-0.3, -0.25) is 14.5 Å². The SMILES string of the molecule is C=CC1=C(C(=O)O)N2C(=O)C(NC(=O)C(=NOC)c3csc(N)n3)[C@H]2SC1. The number of carboxylic acid groups (broad SMARTS) is 1. The zero-order valence-corrected chi connectivity index (χ0v) is 15.7. The number of nitrogens with two attached hydrogens (primary N) is 1. The minimum absolute atomic E-state index is 0.109. The van der Waals surface area contributed by atoms with Gasteiger partial charge in [-0.25, -0.2) is 9.78 Å². The highest BCUT2D eigenvalue weighted by Gasteiger charge is 2.54. The van der Waals surface area contributed by atoms with Crippen LogP contribution in [0.1, 0.15) is 5.69 Å². The molecular weight excluding hydrogens is 394 g/mol. The molecule has 142 valence electrons. The third-order valence-electron chi connectivity index (χ3n) is 3.90. The van der Waals surface area contributed by atoms with Crippen LogP contribution in [-0.4, -0.2) is 62.8 Å². The largest absolute Gasteiger partial charge is 0.477 e. The Kier molecular flexibility index (Phi) is 5.19. The quantitative estimate of drug-likeness (QED) is 0.338. The lowest BCUT2D eigenvalue weighted by molar-refractivity contribution is -0.150. The Morgan fingerprint density at radius 1 is 1.59 bits per heavy atom. The van der Waals surface area contributed by atoms with Crippen LogP contribution in [0.3, 0.4) is 0 Å². The van der Waals surface area contributed by atoms with Crippen LogP contribution in [0.4, 0.5) is 5.13 Å². The lowest BCUT2D eigenvalue weighted by Gasteiger charge is -2.49. The van der Waals surface area contributed by atoms with Crippen LogP contribution in [0.5, 0.6) is 0 Å². The van der Waals surface area contributed by atoms with Crippen LogP contribution in [0.2, 0.25) is 0 Å². The van der Waals surface area contributed by atoms with E-state index in [9.17, 15) is 19.5 Å². The number of thiazole rings is 1. The van der Waals surface area contributed by atoms with Gasteiger partial charge in [-0.15, -0.1) is 23.1 Å². The fourth-order valence-corrected chi connectivity index (χ4v) is 4.59. The summed E-state index contributed by atoms with van der Waals surface area (Å²) in [4.78, 5) is 46.4. The number of carbonyl (C=O) groups excluding carboxylic acids is 2. The van der Waals surface area contributed by atoms with E-state index in [2.05, 4.69) is 26.9 Å². The number of carboxylic acids is 1. The predicted octanol–water partition coefficient (Wildman–Crippen LogP) is 0.000400. The Balaban J connectivity index is 1.80. The molecule has 27 heavy (non-hydrogen) atoms. The number of aliphatic carboxylic acids is 1. The van der Waals surface area contributed by atoms with E-state index in [1.165, 1.54) is 24.9 Å². The van der Waals surface area contributed by atoms with Crippen LogP contribution in [0.25, 0.3) is 0 Å². The number of rotatable bonds is 6. The molecule has 1 aromatic rings. The third kappa shape index (κ3) is 3.28. The van der Waals surface area contributed by atoms with E-state index in [-0.39, 0.29) is 22.2 Å². The van der Waals surface area contributed by atoms with Crippen molar-refractivity contribution in [2.75, 3.05) is 18.6 Å². The lowest BCUT2D eigenvalue weighted by Crippen LogP contribution is -2.71.